The average molecular weight is 424 g/mol. The molecule has 0 unspecified atom stereocenters. The molecule has 0 aromatic heterocycles. The fourth-order valence-electron chi connectivity index (χ4n) is 3.98. The number of hydrogen-bond donors (Lipinski definition) is 0. The maximum atomic E-state index is 12.7. The van der Waals surface area contributed by atoms with E-state index in [4.69, 9.17) is 9.47 Å². The van der Waals surface area contributed by atoms with Crippen molar-refractivity contribution in [2.45, 2.75) is 57.6 Å². The van der Waals surface area contributed by atoms with Crippen LogP contribution in [-0.4, -0.2) is 35.7 Å². The second-order valence-corrected chi connectivity index (χ2v) is 8.16. The number of nitrogens with zero attached hydrogens (tertiary/aromatic N) is 1. The van der Waals surface area contributed by atoms with Crippen molar-refractivity contribution in [1.82, 2.24) is 4.90 Å². The van der Waals surface area contributed by atoms with Crippen LogP contribution >= 0.6 is 15.9 Å². The first-order chi connectivity index (χ1) is 12.4. The number of esters is 1. The highest BCUT2D eigenvalue weighted by Gasteiger charge is 2.45. The van der Waals surface area contributed by atoms with Crippen LogP contribution in [0.5, 0.6) is 0 Å². The number of rotatable bonds is 4. The highest BCUT2D eigenvalue weighted by Crippen LogP contribution is 2.41. The molecule has 6 heteroatoms. The van der Waals surface area contributed by atoms with E-state index in [1.807, 2.05) is 38.1 Å². The minimum Gasteiger partial charge on any atom is -0.466 e. The lowest BCUT2D eigenvalue weighted by Gasteiger charge is -2.46. The van der Waals surface area contributed by atoms with Gasteiger partial charge >= 0.3 is 12.1 Å². The lowest BCUT2D eigenvalue weighted by Crippen LogP contribution is -2.52. The third-order valence-electron chi connectivity index (χ3n) is 5.68. The summed E-state index contributed by atoms with van der Waals surface area (Å²) in [5.41, 5.74) is 0.683. The molecular formula is C20H26BrNO4. The zero-order valence-electron chi connectivity index (χ0n) is 15.4. The summed E-state index contributed by atoms with van der Waals surface area (Å²) in [6, 6.07) is 8.00. The van der Waals surface area contributed by atoms with Crippen LogP contribution in [0.25, 0.3) is 0 Å². The van der Waals surface area contributed by atoms with Crippen LogP contribution in [0.1, 0.15) is 57.6 Å². The molecular weight excluding hydrogens is 398 g/mol. The Bertz CT molecular complexity index is 652. The number of hydrogen-bond acceptors (Lipinski definition) is 4. The molecule has 1 saturated heterocycles. The fourth-order valence-corrected chi connectivity index (χ4v) is 4.24. The first-order valence-corrected chi connectivity index (χ1v) is 10.1. The van der Waals surface area contributed by atoms with Gasteiger partial charge in [0.05, 0.1) is 18.6 Å². The minimum atomic E-state index is -0.407. The molecule has 0 radical (unpaired) electrons. The van der Waals surface area contributed by atoms with Gasteiger partial charge in [-0.25, -0.2) is 4.79 Å². The Kier molecular flexibility index (Phi) is 5.90. The Hall–Kier alpha value is -1.56. The second kappa shape index (κ2) is 7.99. The molecule has 142 valence electrons. The zero-order valence-corrected chi connectivity index (χ0v) is 17.0. The molecule has 1 heterocycles. The standard InChI is InChI=1S/C20H26BrNO4/c1-3-25-18(23)16-8-10-20(11-9-16)12-13-22(19(24)26-20)14(2)15-4-6-17(21)7-5-15/h4-7,14,16H,3,8-13H2,1-2H3/t14-,16-,20-/m0/s1. The summed E-state index contributed by atoms with van der Waals surface area (Å²) in [6.07, 6.45) is 3.50. The Morgan fingerprint density at radius 3 is 2.54 bits per heavy atom. The minimum absolute atomic E-state index is 0.0242. The normalized spacial score (nSPS) is 27.1. The second-order valence-electron chi connectivity index (χ2n) is 7.25. The van der Waals surface area contributed by atoms with Gasteiger partial charge in [0.2, 0.25) is 0 Å². The van der Waals surface area contributed by atoms with Crippen LogP contribution in [0.4, 0.5) is 4.79 Å². The first kappa shape index (κ1) is 19.2. The summed E-state index contributed by atoms with van der Waals surface area (Å²) in [4.78, 5) is 26.4. The van der Waals surface area contributed by atoms with Crippen LogP contribution in [0.15, 0.2) is 28.7 Å². The molecule has 2 fully saturated rings. The molecule has 1 saturated carbocycles. The van der Waals surface area contributed by atoms with Crippen LogP contribution in [0.2, 0.25) is 0 Å². The van der Waals surface area contributed by atoms with Gasteiger partial charge in [-0.15, -0.1) is 0 Å². The number of halogens is 1. The Morgan fingerprint density at radius 1 is 1.31 bits per heavy atom. The molecule has 1 aromatic rings. The molecule has 5 nitrogen and oxygen atoms in total. The molecule has 0 bridgehead atoms. The van der Waals surface area contributed by atoms with E-state index in [9.17, 15) is 9.59 Å². The average Bonchev–Trinajstić information content (AvgIpc) is 2.63. The lowest BCUT2D eigenvalue weighted by molar-refractivity contribution is -0.152. The summed E-state index contributed by atoms with van der Waals surface area (Å²) in [7, 11) is 0. The summed E-state index contributed by atoms with van der Waals surface area (Å²) < 4.78 is 12.1. The molecule has 1 atom stereocenters. The van der Waals surface area contributed by atoms with Crippen molar-refractivity contribution in [2.75, 3.05) is 13.2 Å². The van der Waals surface area contributed by atoms with Gasteiger partial charge in [0.15, 0.2) is 0 Å². The maximum Gasteiger partial charge on any atom is 0.410 e. The number of benzene rings is 1. The van der Waals surface area contributed by atoms with E-state index in [1.165, 1.54) is 0 Å². The topological polar surface area (TPSA) is 55.8 Å². The SMILES string of the molecule is CCOC(=O)[C@H]1CC[C@@]2(CCN([C@@H](C)c3ccc(Br)cc3)C(=O)O2)CC1. The number of amides is 1. The predicted molar refractivity (Wildman–Crippen MR) is 102 cm³/mol. The Labute approximate surface area is 163 Å². The quantitative estimate of drug-likeness (QED) is 0.649. The zero-order chi connectivity index (χ0) is 18.7. The number of ether oxygens (including phenoxy) is 2. The summed E-state index contributed by atoms with van der Waals surface area (Å²) in [6.45, 7) is 4.95. The van der Waals surface area contributed by atoms with E-state index in [-0.39, 0.29) is 24.0 Å². The van der Waals surface area contributed by atoms with Crippen molar-refractivity contribution in [1.29, 1.82) is 0 Å². The van der Waals surface area contributed by atoms with Gasteiger partial charge in [0, 0.05) is 17.4 Å². The number of carbonyl (C=O) groups is 2. The van der Waals surface area contributed by atoms with Crippen molar-refractivity contribution < 1.29 is 19.1 Å². The largest absolute Gasteiger partial charge is 0.466 e. The van der Waals surface area contributed by atoms with E-state index in [0.717, 1.165) is 42.1 Å². The highest BCUT2D eigenvalue weighted by molar-refractivity contribution is 9.10. The molecule has 3 rings (SSSR count). The van der Waals surface area contributed by atoms with Crippen LogP contribution in [-0.2, 0) is 14.3 Å². The van der Waals surface area contributed by atoms with Crippen molar-refractivity contribution in [3.63, 3.8) is 0 Å². The Morgan fingerprint density at radius 2 is 1.96 bits per heavy atom. The van der Waals surface area contributed by atoms with Crippen LogP contribution in [0, 0.1) is 5.92 Å². The van der Waals surface area contributed by atoms with E-state index >= 15 is 0 Å². The molecule has 0 N–H and O–H groups in total. The monoisotopic (exact) mass is 423 g/mol. The van der Waals surface area contributed by atoms with Crippen molar-refractivity contribution in [3.05, 3.63) is 34.3 Å². The molecule has 1 aromatic carbocycles. The van der Waals surface area contributed by atoms with Gasteiger partial charge in [-0.1, -0.05) is 28.1 Å². The first-order valence-electron chi connectivity index (χ1n) is 9.36. The van der Waals surface area contributed by atoms with Crippen molar-refractivity contribution >= 4 is 28.0 Å². The maximum absolute atomic E-state index is 12.7. The third kappa shape index (κ3) is 4.05. The fraction of sp³-hybridized carbons (Fsp3) is 0.600. The van der Waals surface area contributed by atoms with Crippen LogP contribution < -0.4 is 0 Å². The van der Waals surface area contributed by atoms with E-state index in [2.05, 4.69) is 15.9 Å². The molecule has 1 aliphatic carbocycles. The summed E-state index contributed by atoms with van der Waals surface area (Å²) in [5.74, 6) is -0.172. The summed E-state index contributed by atoms with van der Waals surface area (Å²) in [5, 5.41) is 0. The molecule has 1 aliphatic heterocycles. The Balaban J connectivity index is 1.59. The van der Waals surface area contributed by atoms with Gasteiger partial charge in [-0.05, 0) is 57.2 Å². The van der Waals surface area contributed by atoms with E-state index in [0.29, 0.717) is 13.2 Å². The third-order valence-corrected chi connectivity index (χ3v) is 6.21. The van der Waals surface area contributed by atoms with Gasteiger partial charge in [-0.3, -0.25) is 4.79 Å². The van der Waals surface area contributed by atoms with Gasteiger partial charge in [0.1, 0.15) is 5.60 Å². The van der Waals surface area contributed by atoms with E-state index in [1.54, 1.807) is 4.90 Å². The molecule has 26 heavy (non-hydrogen) atoms. The van der Waals surface area contributed by atoms with Gasteiger partial charge in [0.25, 0.3) is 0 Å². The van der Waals surface area contributed by atoms with Crippen molar-refractivity contribution in [2.24, 2.45) is 5.92 Å². The molecule has 1 amide bonds. The van der Waals surface area contributed by atoms with Crippen LogP contribution in [0.3, 0.4) is 0 Å². The van der Waals surface area contributed by atoms with Crippen molar-refractivity contribution in [3.8, 4) is 0 Å². The number of carbonyl (C=O) groups excluding carboxylic acids is 2. The summed E-state index contributed by atoms with van der Waals surface area (Å²) >= 11 is 3.44. The van der Waals surface area contributed by atoms with Gasteiger partial charge in [-0.2, -0.15) is 0 Å². The van der Waals surface area contributed by atoms with Gasteiger partial charge < -0.3 is 14.4 Å². The lowest BCUT2D eigenvalue weighted by atomic mass is 9.76. The smallest absolute Gasteiger partial charge is 0.410 e. The predicted octanol–water partition coefficient (Wildman–Crippen LogP) is 4.84. The molecule has 1 spiro atoms. The molecule has 2 aliphatic rings. The highest BCUT2D eigenvalue weighted by atomic mass is 79.9. The van der Waals surface area contributed by atoms with E-state index < -0.39 is 5.60 Å².